The third kappa shape index (κ3) is 2.33. The van der Waals surface area contributed by atoms with Gasteiger partial charge in [-0.3, -0.25) is 0 Å². The van der Waals surface area contributed by atoms with Crippen LogP contribution < -0.4 is 5.32 Å². The Hall–Kier alpha value is -0.300. The largest absolute Gasteiger partial charge is 0.314 e. The molecule has 2 rings (SSSR count). The number of hydrogen-bond acceptors (Lipinski definition) is 1. The van der Waals surface area contributed by atoms with Gasteiger partial charge in [-0.25, -0.2) is 0 Å². The minimum absolute atomic E-state index is 0.886. The van der Waals surface area contributed by atoms with Crippen LogP contribution in [0.3, 0.4) is 0 Å². The standard InChI is InChI=1S/C10H17N/c1-2-4-9(3-1)7-8-11-10-5-6-10/h3,10-11H,1-2,4-8H2. The van der Waals surface area contributed by atoms with E-state index in [2.05, 4.69) is 11.4 Å². The van der Waals surface area contributed by atoms with E-state index < -0.39 is 0 Å². The number of allylic oxidation sites excluding steroid dienone is 1. The van der Waals surface area contributed by atoms with Crippen molar-refractivity contribution >= 4 is 0 Å². The van der Waals surface area contributed by atoms with Gasteiger partial charge in [0, 0.05) is 6.04 Å². The van der Waals surface area contributed by atoms with Crippen molar-refractivity contribution in [3.8, 4) is 0 Å². The van der Waals surface area contributed by atoms with E-state index in [4.69, 9.17) is 0 Å². The van der Waals surface area contributed by atoms with Gasteiger partial charge in [0.15, 0.2) is 0 Å². The summed E-state index contributed by atoms with van der Waals surface area (Å²) in [6, 6.07) is 0.886. The lowest BCUT2D eigenvalue weighted by atomic mass is 10.2. The summed E-state index contributed by atoms with van der Waals surface area (Å²) in [7, 11) is 0. The molecule has 0 bridgehead atoms. The summed E-state index contributed by atoms with van der Waals surface area (Å²) in [5, 5.41) is 3.54. The Labute approximate surface area is 68.9 Å². The van der Waals surface area contributed by atoms with Crippen molar-refractivity contribution in [2.45, 2.75) is 44.6 Å². The zero-order valence-corrected chi connectivity index (χ0v) is 7.10. The monoisotopic (exact) mass is 151 g/mol. The maximum Gasteiger partial charge on any atom is 0.00683 e. The third-order valence-corrected chi connectivity index (χ3v) is 2.59. The summed E-state index contributed by atoms with van der Waals surface area (Å²) in [5.74, 6) is 0. The smallest absolute Gasteiger partial charge is 0.00683 e. The van der Waals surface area contributed by atoms with Crippen LogP contribution in [0.4, 0.5) is 0 Å². The van der Waals surface area contributed by atoms with Crippen LogP contribution >= 0.6 is 0 Å². The molecule has 0 unspecified atom stereocenters. The Kier molecular flexibility index (Phi) is 2.27. The molecular weight excluding hydrogens is 134 g/mol. The summed E-state index contributed by atoms with van der Waals surface area (Å²) in [6.07, 6.45) is 10.7. The fourth-order valence-corrected chi connectivity index (χ4v) is 1.69. The van der Waals surface area contributed by atoms with Gasteiger partial charge in [0.2, 0.25) is 0 Å². The predicted octanol–water partition coefficient (Wildman–Crippen LogP) is 2.24. The second kappa shape index (κ2) is 3.40. The van der Waals surface area contributed by atoms with Gasteiger partial charge in [-0.05, 0) is 45.1 Å². The molecule has 0 radical (unpaired) electrons. The van der Waals surface area contributed by atoms with Gasteiger partial charge in [-0.15, -0.1) is 0 Å². The molecule has 0 aliphatic heterocycles. The summed E-state index contributed by atoms with van der Waals surface area (Å²) >= 11 is 0. The van der Waals surface area contributed by atoms with Gasteiger partial charge in [-0.2, -0.15) is 0 Å². The van der Waals surface area contributed by atoms with E-state index in [-0.39, 0.29) is 0 Å². The van der Waals surface area contributed by atoms with Crippen LogP contribution in [0, 0.1) is 0 Å². The zero-order valence-electron chi connectivity index (χ0n) is 7.10. The first-order valence-corrected chi connectivity index (χ1v) is 4.86. The molecular formula is C10H17N. The fourth-order valence-electron chi connectivity index (χ4n) is 1.69. The van der Waals surface area contributed by atoms with Crippen LogP contribution in [0.1, 0.15) is 38.5 Å². The van der Waals surface area contributed by atoms with Gasteiger partial charge in [0.1, 0.15) is 0 Å². The number of hydrogen-bond donors (Lipinski definition) is 1. The topological polar surface area (TPSA) is 12.0 Å². The molecule has 0 spiro atoms. The van der Waals surface area contributed by atoms with Crippen molar-refractivity contribution in [1.82, 2.24) is 5.32 Å². The van der Waals surface area contributed by atoms with E-state index in [1.54, 1.807) is 5.57 Å². The second-order valence-electron chi connectivity index (χ2n) is 3.73. The van der Waals surface area contributed by atoms with E-state index in [0.717, 1.165) is 6.04 Å². The number of rotatable bonds is 4. The van der Waals surface area contributed by atoms with Gasteiger partial charge >= 0.3 is 0 Å². The van der Waals surface area contributed by atoms with Crippen LogP contribution in [-0.2, 0) is 0 Å². The second-order valence-corrected chi connectivity index (χ2v) is 3.73. The van der Waals surface area contributed by atoms with Gasteiger partial charge < -0.3 is 5.32 Å². The molecule has 1 heteroatoms. The first-order valence-electron chi connectivity index (χ1n) is 4.86. The van der Waals surface area contributed by atoms with Crippen molar-refractivity contribution < 1.29 is 0 Å². The van der Waals surface area contributed by atoms with Crippen LogP contribution in [0.2, 0.25) is 0 Å². The molecule has 0 saturated heterocycles. The predicted molar refractivity (Wildman–Crippen MR) is 47.6 cm³/mol. The minimum atomic E-state index is 0.886. The van der Waals surface area contributed by atoms with Crippen molar-refractivity contribution in [2.24, 2.45) is 0 Å². The van der Waals surface area contributed by atoms with E-state index in [1.165, 1.54) is 45.1 Å². The van der Waals surface area contributed by atoms with Crippen LogP contribution in [0.25, 0.3) is 0 Å². The van der Waals surface area contributed by atoms with E-state index in [1.807, 2.05) is 0 Å². The highest BCUT2D eigenvalue weighted by Gasteiger charge is 2.19. The van der Waals surface area contributed by atoms with Gasteiger partial charge in [-0.1, -0.05) is 11.6 Å². The molecule has 2 aliphatic carbocycles. The summed E-state index contributed by atoms with van der Waals surface area (Å²) in [5.41, 5.74) is 1.69. The Morgan fingerprint density at radius 1 is 1.45 bits per heavy atom. The van der Waals surface area contributed by atoms with E-state index in [9.17, 15) is 0 Å². The maximum atomic E-state index is 3.54. The van der Waals surface area contributed by atoms with Crippen molar-refractivity contribution in [3.05, 3.63) is 11.6 Å². The Morgan fingerprint density at radius 3 is 3.00 bits per heavy atom. The highest BCUT2D eigenvalue weighted by Crippen LogP contribution is 2.22. The normalized spacial score (nSPS) is 23.8. The summed E-state index contributed by atoms with van der Waals surface area (Å²) in [4.78, 5) is 0. The highest BCUT2D eigenvalue weighted by molar-refractivity contribution is 5.07. The van der Waals surface area contributed by atoms with Crippen molar-refractivity contribution in [2.75, 3.05) is 6.54 Å². The molecule has 0 atom stereocenters. The fraction of sp³-hybridized carbons (Fsp3) is 0.800. The molecule has 0 aromatic heterocycles. The summed E-state index contributed by atoms with van der Waals surface area (Å²) < 4.78 is 0. The Morgan fingerprint density at radius 2 is 2.36 bits per heavy atom. The van der Waals surface area contributed by atoms with Gasteiger partial charge in [0.25, 0.3) is 0 Å². The SMILES string of the molecule is C1=C(CCNC2CC2)CCC1. The molecule has 1 saturated carbocycles. The molecule has 1 N–H and O–H groups in total. The first kappa shape index (κ1) is 7.35. The maximum absolute atomic E-state index is 3.54. The van der Waals surface area contributed by atoms with Crippen molar-refractivity contribution in [3.63, 3.8) is 0 Å². The molecule has 0 heterocycles. The van der Waals surface area contributed by atoms with E-state index in [0.29, 0.717) is 0 Å². The lowest BCUT2D eigenvalue weighted by Gasteiger charge is -2.02. The van der Waals surface area contributed by atoms with Crippen LogP contribution in [0.5, 0.6) is 0 Å². The Balaban J connectivity index is 1.57. The molecule has 0 amide bonds. The Bertz CT molecular complexity index is 156. The first-order chi connectivity index (χ1) is 5.45. The minimum Gasteiger partial charge on any atom is -0.314 e. The molecule has 0 aromatic carbocycles. The van der Waals surface area contributed by atoms with Gasteiger partial charge in [0.05, 0.1) is 0 Å². The van der Waals surface area contributed by atoms with E-state index >= 15 is 0 Å². The average Bonchev–Trinajstić information content (AvgIpc) is 2.66. The quantitative estimate of drug-likeness (QED) is 0.608. The van der Waals surface area contributed by atoms with Crippen molar-refractivity contribution in [1.29, 1.82) is 0 Å². The number of nitrogens with one attached hydrogen (secondary N) is 1. The van der Waals surface area contributed by atoms with Crippen LogP contribution in [0.15, 0.2) is 11.6 Å². The molecule has 11 heavy (non-hydrogen) atoms. The molecule has 2 aliphatic rings. The lowest BCUT2D eigenvalue weighted by molar-refractivity contribution is 0.671. The average molecular weight is 151 g/mol. The zero-order chi connectivity index (χ0) is 7.52. The molecule has 1 nitrogen and oxygen atoms in total. The van der Waals surface area contributed by atoms with Crippen LogP contribution in [-0.4, -0.2) is 12.6 Å². The molecule has 0 aromatic rings. The molecule has 62 valence electrons. The highest BCUT2D eigenvalue weighted by atomic mass is 14.9. The summed E-state index contributed by atoms with van der Waals surface area (Å²) in [6.45, 7) is 1.22. The third-order valence-electron chi connectivity index (χ3n) is 2.59. The lowest BCUT2D eigenvalue weighted by Crippen LogP contribution is -2.17. The molecule has 1 fully saturated rings.